The molecule has 0 amide bonds. The van der Waals surface area contributed by atoms with Crippen LogP contribution in [0.3, 0.4) is 0 Å². The maximum Gasteiger partial charge on any atom is 0.0722 e. The molecule has 1 N–H and O–H groups in total. The summed E-state index contributed by atoms with van der Waals surface area (Å²) in [6.07, 6.45) is 0.266. The molecule has 1 aliphatic rings. The topological polar surface area (TPSA) is 24.5 Å². The molecule has 1 atom stereocenters. The molecular formula is C14H21ClN2O. The lowest BCUT2D eigenvalue weighted by atomic mass is 10.1. The molecule has 4 heteroatoms. The van der Waals surface area contributed by atoms with Gasteiger partial charge in [-0.1, -0.05) is 30.7 Å². The van der Waals surface area contributed by atoms with Crippen molar-refractivity contribution in [3.8, 4) is 0 Å². The van der Waals surface area contributed by atoms with E-state index in [4.69, 9.17) is 16.3 Å². The van der Waals surface area contributed by atoms with Crippen LogP contribution in [-0.4, -0.2) is 32.3 Å². The van der Waals surface area contributed by atoms with Gasteiger partial charge < -0.3 is 15.0 Å². The van der Waals surface area contributed by atoms with E-state index in [1.807, 2.05) is 12.1 Å². The largest absolute Gasteiger partial charge is 0.375 e. The van der Waals surface area contributed by atoms with Crippen molar-refractivity contribution < 1.29 is 4.74 Å². The number of benzene rings is 1. The van der Waals surface area contributed by atoms with Gasteiger partial charge in [-0.15, -0.1) is 0 Å². The smallest absolute Gasteiger partial charge is 0.0722 e. The number of nitrogens with one attached hydrogen (secondary N) is 1. The predicted molar refractivity (Wildman–Crippen MR) is 76.5 cm³/mol. The molecule has 0 saturated carbocycles. The average molecular weight is 269 g/mol. The van der Waals surface area contributed by atoms with E-state index in [1.165, 1.54) is 5.56 Å². The van der Waals surface area contributed by atoms with E-state index in [0.717, 1.165) is 43.5 Å². The van der Waals surface area contributed by atoms with Gasteiger partial charge in [0.1, 0.15) is 0 Å². The Morgan fingerprint density at radius 2 is 2.33 bits per heavy atom. The van der Waals surface area contributed by atoms with Crippen LogP contribution >= 0.6 is 11.6 Å². The van der Waals surface area contributed by atoms with Gasteiger partial charge in [0.2, 0.25) is 0 Å². The van der Waals surface area contributed by atoms with Gasteiger partial charge in [-0.2, -0.15) is 0 Å². The second-order valence-corrected chi connectivity index (χ2v) is 5.06. The van der Waals surface area contributed by atoms with E-state index >= 15 is 0 Å². The minimum absolute atomic E-state index is 0.266. The third kappa shape index (κ3) is 3.16. The van der Waals surface area contributed by atoms with E-state index in [0.29, 0.717) is 0 Å². The Labute approximate surface area is 114 Å². The van der Waals surface area contributed by atoms with Crippen LogP contribution in [0.5, 0.6) is 0 Å². The highest BCUT2D eigenvalue weighted by molar-refractivity contribution is 6.33. The third-order valence-electron chi connectivity index (χ3n) is 3.19. The molecular weight excluding hydrogens is 248 g/mol. The average Bonchev–Trinajstić information content (AvgIpc) is 2.36. The fraction of sp³-hybridized carbons (Fsp3) is 0.571. The Morgan fingerprint density at radius 1 is 1.50 bits per heavy atom. The summed E-state index contributed by atoms with van der Waals surface area (Å²) in [6.45, 7) is 8.63. The highest BCUT2D eigenvalue weighted by atomic mass is 35.5. The Balaban J connectivity index is 2.23. The van der Waals surface area contributed by atoms with Crippen molar-refractivity contribution in [1.82, 2.24) is 5.32 Å². The minimum atomic E-state index is 0.266. The van der Waals surface area contributed by atoms with Crippen LogP contribution in [-0.2, 0) is 11.3 Å². The second-order valence-electron chi connectivity index (χ2n) is 4.66. The Bertz CT molecular complexity index is 397. The number of halogens is 1. The zero-order valence-electron chi connectivity index (χ0n) is 11.1. The van der Waals surface area contributed by atoms with Crippen molar-refractivity contribution in [3.63, 3.8) is 0 Å². The zero-order chi connectivity index (χ0) is 13.0. The molecule has 0 aliphatic carbocycles. The Kier molecular flexibility index (Phi) is 4.87. The van der Waals surface area contributed by atoms with Gasteiger partial charge in [0.15, 0.2) is 0 Å². The summed E-state index contributed by atoms with van der Waals surface area (Å²) in [7, 11) is 0. The lowest BCUT2D eigenvalue weighted by Gasteiger charge is -2.34. The first-order valence-corrected chi connectivity index (χ1v) is 6.94. The number of rotatable bonds is 4. The summed E-state index contributed by atoms with van der Waals surface area (Å²) < 4.78 is 5.59. The first-order valence-electron chi connectivity index (χ1n) is 6.57. The summed E-state index contributed by atoms with van der Waals surface area (Å²) in [4.78, 5) is 2.34. The predicted octanol–water partition coefficient (Wildman–Crippen LogP) is 2.67. The van der Waals surface area contributed by atoms with Crippen LogP contribution in [0.4, 0.5) is 5.69 Å². The second kappa shape index (κ2) is 6.41. The number of para-hydroxylation sites is 1. The van der Waals surface area contributed by atoms with Gasteiger partial charge in [-0.05, 0) is 25.1 Å². The van der Waals surface area contributed by atoms with Crippen molar-refractivity contribution in [3.05, 3.63) is 28.8 Å². The van der Waals surface area contributed by atoms with Gasteiger partial charge in [-0.3, -0.25) is 0 Å². The molecule has 0 bridgehead atoms. The molecule has 1 heterocycles. The van der Waals surface area contributed by atoms with Crippen molar-refractivity contribution in [1.29, 1.82) is 0 Å². The van der Waals surface area contributed by atoms with Crippen LogP contribution in [0.2, 0.25) is 5.02 Å². The lowest BCUT2D eigenvalue weighted by molar-refractivity contribution is 0.0532. The van der Waals surface area contributed by atoms with Gasteiger partial charge in [-0.25, -0.2) is 0 Å². The zero-order valence-corrected chi connectivity index (χ0v) is 11.8. The molecule has 1 aromatic rings. The van der Waals surface area contributed by atoms with Gasteiger partial charge >= 0.3 is 0 Å². The first kappa shape index (κ1) is 13.7. The quantitative estimate of drug-likeness (QED) is 0.909. The summed E-state index contributed by atoms with van der Waals surface area (Å²) in [5, 5.41) is 4.20. The standard InChI is InChI=1S/C14H21ClN2O/c1-3-16-9-12-5-4-6-13(15)14(12)17-7-8-18-11(2)10-17/h4-6,11,16H,3,7-10H2,1-2H3. The highest BCUT2D eigenvalue weighted by Gasteiger charge is 2.21. The fourth-order valence-electron chi connectivity index (χ4n) is 2.34. The first-order chi connectivity index (χ1) is 8.72. The van der Waals surface area contributed by atoms with Crippen molar-refractivity contribution >= 4 is 17.3 Å². The van der Waals surface area contributed by atoms with Crippen molar-refractivity contribution in [2.45, 2.75) is 26.5 Å². The molecule has 2 rings (SSSR count). The van der Waals surface area contributed by atoms with Gasteiger partial charge in [0.25, 0.3) is 0 Å². The SMILES string of the molecule is CCNCc1cccc(Cl)c1N1CCOC(C)C1. The summed E-state index contributed by atoms with van der Waals surface area (Å²) in [5.41, 5.74) is 2.42. The van der Waals surface area contributed by atoms with Crippen molar-refractivity contribution in [2.24, 2.45) is 0 Å². The third-order valence-corrected chi connectivity index (χ3v) is 3.50. The van der Waals surface area contributed by atoms with Gasteiger partial charge in [0.05, 0.1) is 23.4 Å². The molecule has 1 saturated heterocycles. The van der Waals surface area contributed by atoms with E-state index in [2.05, 4.69) is 30.1 Å². The maximum absolute atomic E-state index is 6.38. The molecule has 3 nitrogen and oxygen atoms in total. The van der Waals surface area contributed by atoms with Crippen LogP contribution in [0.1, 0.15) is 19.4 Å². The molecule has 18 heavy (non-hydrogen) atoms. The lowest BCUT2D eigenvalue weighted by Crippen LogP contribution is -2.41. The van der Waals surface area contributed by atoms with Crippen LogP contribution in [0.25, 0.3) is 0 Å². The van der Waals surface area contributed by atoms with Gasteiger partial charge in [0, 0.05) is 19.6 Å². The van der Waals surface area contributed by atoms with E-state index < -0.39 is 0 Å². The fourth-order valence-corrected chi connectivity index (χ4v) is 2.65. The molecule has 1 aromatic carbocycles. The number of hydrogen-bond donors (Lipinski definition) is 1. The van der Waals surface area contributed by atoms with E-state index in [1.54, 1.807) is 0 Å². The maximum atomic E-state index is 6.38. The number of anilines is 1. The van der Waals surface area contributed by atoms with Crippen LogP contribution in [0.15, 0.2) is 18.2 Å². The minimum Gasteiger partial charge on any atom is -0.375 e. The Morgan fingerprint density at radius 3 is 3.06 bits per heavy atom. The molecule has 0 radical (unpaired) electrons. The molecule has 100 valence electrons. The number of hydrogen-bond acceptors (Lipinski definition) is 3. The molecule has 1 fully saturated rings. The monoisotopic (exact) mass is 268 g/mol. The highest BCUT2D eigenvalue weighted by Crippen LogP contribution is 2.31. The Hall–Kier alpha value is -0.770. The summed E-state index contributed by atoms with van der Waals surface area (Å²) in [6, 6.07) is 6.12. The van der Waals surface area contributed by atoms with E-state index in [9.17, 15) is 0 Å². The molecule has 0 aromatic heterocycles. The van der Waals surface area contributed by atoms with Crippen LogP contribution < -0.4 is 10.2 Å². The molecule has 1 aliphatic heterocycles. The van der Waals surface area contributed by atoms with Crippen molar-refractivity contribution in [2.75, 3.05) is 31.1 Å². The normalized spacial score (nSPS) is 20.2. The molecule has 0 spiro atoms. The van der Waals surface area contributed by atoms with Crippen LogP contribution in [0, 0.1) is 0 Å². The molecule has 1 unspecified atom stereocenters. The summed E-state index contributed by atoms with van der Waals surface area (Å²) >= 11 is 6.38. The van der Waals surface area contributed by atoms with E-state index in [-0.39, 0.29) is 6.10 Å². The number of morpholine rings is 1. The number of nitrogens with zero attached hydrogens (tertiary/aromatic N) is 1. The summed E-state index contributed by atoms with van der Waals surface area (Å²) in [5.74, 6) is 0. The number of ether oxygens (including phenoxy) is 1.